The van der Waals surface area contributed by atoms with Crippen LogP contribution in [0.2, 0.25) is 0 Å². The first-order valence-electron chi connectivity index (χ1n) is 9.71. The van der Waals surface area contributed by atoms with Gasteiger partial charge in [-0.2, -0.15) is 0 Å². The number of hydrogen-bond donors (Lipinski definition) is 0. The standard InChI is InChI=1S/C26H24O3/c1-20(27)24-14-8-11-22(19-24)16-18-25(17-15-21-9-4-2-5-10-21)29-26(28)23-12-6-3-7-13-23/h2-15,17,19,25H,16,18H2,1H3/b17-15+/t25-/m0/s1. The van der Waals surface area contributed by atoms with Crippen molar-refractivity contribution < 1.29 is 14.3 Å². The van der Waals surface area contributed by atoms with Crippen LogP contribution in [0.1, 0.15) is 45.2 Å². The number of benzene rings is 3. The van der Waals surface area contributed by atoms with Gasteiger partial charge in [-0.05, 0) is 55.2 Å². The van der Waals surface area contributed by atoms with Crippen LogP contribution in [0.15, 0.2) is 91.0 Å². The Kier molecular flexibility index (Phi) is 7.12. The molecule has 0 spiro atoms. The summed E-state index contributed by atoms with van der Waals surface area (Å²) in [4.78, 5) is 24.1. The van der Waals surface area contributed by atoms with E-state index in [-0.39, 0.29) is 17.9 Å². The highest BCUT2D eigenvalue weighted by atomic mass is 16.5. The quantitative estimate of drug-likeness (QED) is 0.366. The minimum Gasteiger partial charge on any atom is -0.455 e. The average Bonchev–Trinajstić information content (AvgIpc) is 2.77. The largest absolute Gasteiger partial charge is 0.455 e. The molecule has 0 amide bonds. The summed E-state index contributed by atoms with van der Waals surface area (Å²) in [5, 5.41) is 0. The summed E-state index contributed by atoms with van der Waals surface area (Å²) >= 11 is 0. The molecule has 0 fully saturated rings. The molecule has 0 aromatic heterocycles. The van der Waals surface area contributed by atoms with Crippen LogP contribution < -0.4 is 0 Å². The van der Waals surface area contributed by atoms with Crippen LogP contribution in [0.4, 0.5) is 0 Å². The van der Waals surface area contributed by atoms with Crippen LogP contribution in [-0.2, 0) is 11.2 Å². The molecule has 3 aromatic carbocycles. The Morgan fingerprint density at radius 3 is 2.21 bits per heavy atom. The van der Waals surface area contributed by atoms with Crippen LogP contribution in [0.25, 0.3) is 6.08 Å². The number of Topliss-reactive ketones (excluding diaryl/α,β-unsaturated/α-hetero) is 1. The van der Waals surface area contributed by atoms with E-state index in [2.05, 4.69) is 0 Å². The maximum Gasteiger partial charge on any atom is 0.338 e. The molecule has 29 heavy (non-hydrogen) atoms. The van der Waals surface area contributed by atoms with Gasteiger partial charge in [0.2, 0.25) is 0 Å². The van der Waals surface area contributed by atoms with Gasteiger partial charge in [-0.25, -0.2) is 4.79 Å². The van der Waals surface area contributed by atoms with Gasteiger partial charge in [0.15, 0.2) is 5.78 Å². The predicted molar refractivity (Wildman–Crippen MR) is 116 cm³/mol. The molecule has 0 aliphatic rings. The van der Waals surface area contributed by atoms with Crippen molar-refractivity contribution in [3.63, 3.8) is 0 Å². The van der Waals surface area contributed by atoms with E-state index in [1.807, 2.05) is 84.9 Å². The van der Waals surface area contributed by atoms with Gasteiger partial charge in [-0.15, -0.1) is 0 Å². The lowest BCUT2D eigenvalue weighted by molar-refractivity contribution is 0.0382. The Morgan fingerprint density at radius 2 is 1.52 bits per heavy atom. The topological polar surface area (TPSA) is 43.4 Å². The maximum absolute atomic E-state index is 12.5. The van der Waals surface area contributed by atoms with Crippen molar-refractivity contribution in [2.24, 2.45) is 0 Å². The van der Waals surface area contributed by atoms with Gasteiger partial charge < -0.3 is 4.74 Å². The van der Waals surface area contributed by atoms with Gasteiger partial charge in [0.25, 0.3) is 0 Å². The minimum atomic E-state index is -0.371. The summed E-state index contributed by atoms with van der Waals surface area (Å²) in [7, 11) is 0. The predicted octanol–water partition coefficient (Wildman–Crippen LogP) is 5.76. The van der Waals surface area contributed by atoms with Crippen molar-refractivity contribution >= 4 is 17.8 Å². The third-order valence-corrected chi connectivity index (χ3v) is 4.62. The van der Waals surface area contributed by atoms with Crippen molar-refractivity contribution in [2.45, 2.75) is 25.9 Å². The van der Waals surface area contributed by atoms with Crippen molar-refractivity contribution in [3.05, 3.63) is 113 Å². The first-order valence-corrected chi connectivity index (χ1v) is 9.71. The molecular formula is C26H24O3. The van der Waals surface area contributed by atoms with Crippen LogP contribution in [0.5, 0.6) is 0 Å². The second kappa shape index (κ2) is 10.2. The van der Waals surface area contributed by atoms with Crippen LogP contribution in [0.3, 0.4) is 0 Å². The van der Waals surface area contributed by atoms with E-state index in [9.17, 15) is 9.59 Å². The van der Waals surface area contributed by atoms with Gasteiger partial charge in [0.05, 0.1) is 5.56 Å². The number of ketones is 1. The lowest BCUT2D eigenvalue weighted by Crippen LogP contribution is -2.17. The highest BCUT2D eigenvalue weighted by Gasteiger charge is 2.14. The van der Waals surface area contributed by atoms with Gasteiger partial charge in [0.1, 0.15) is 6.10 Å². The molecule has 0 aliphatic heterocycles. The smallest absolute Gasteiger partial charge is 0.338 e. The lowest BCUT2D eigenvalue weighted by Gasteiger charge is -2.15. The van der Waals surface area contributed by atoms with Crippen molar-refractivity contribution in [2.75, 3.05) is 0 Å². The number of aryl methyl sites for hydroxylation is 1. The fourth-order valence-electron chi connectivity index (χ4n) is 3.01. The van der Waals surface area contributed by atoms with Crippen LogP contribution in [0, 0.1) is 0 Å². The zero-order valence-corrected chi connectivity index (χ0v) is 16.5. The number of ether oxygens (including phenoxy) is 1. The van der Waals surface area contributed by atoms with E-state index in [1.165, 1.54) is 0 Å². The molecule has 0 bridgehead atoms. The summed E-state index contributed by atoms with van der Waals surface area (Å²) in [5.41, 5.74) is 3.32. The first kappa shape index (κ1) is 20.3. The summed E-state index contributed by atoms with van der Waals surface area (Å²) in [6, 6.07) is 26.5. The van der Waals surface area contributed by atoms with E-state index < -0.39 is 0 Å². The highest BCUT2D eigenvalue weighted by molar-refractivity contribution is 5.94. The van der Waals surface area contributed by atoms with E-state index in [0.29, 0.717) is 24.0 Å². The molecule has 146 valence electrons. The van der Waals surface area contributed by atoms with Crippen molar-refractivity contribution in [3.8, 4) is 0 Å². The van der Waals surface area contributed by atoms with E-state index in [0.717, 1.165) is 11.1 Å². The molecule has 3 rings (SSSR count). The molecule has 3 heteroatoms. The normalized spacial score (nSPS) is 11.9. The molecule has 0 saturated heterocycles. The Bertz CT molecular complexity index is 975. The maximum atomic E-state index is 12.5. The second-order valence-electron chi connectivity index (χ2n) is 6.87. The molecular weight excluding hydrogens is 360 g/mol. The number of carbonyl (C=O) groups excluding carboxylic acids is 2. The Morgan fingerprint density at radius 1 is 0.862 bits per heavy atom. The van der Waals surface area contributed by atoms with Gasteiger partial charge in [-0.3, -0.25) is 4.79 Å². The van der Waals surface area contributed by atoms with E-state index in [4.69, 9.17) is 4.74 Å². The molecule has 3 nitrogen and oxygen atoms in total. The summed E-state index contributed by atoms with van der Waals surface area (Å²) < 4.78 is 5.77. The van der Waals surface area contributed by atoms with E-state index in [1.54, 1.807) is 19.1 Å². The molecule has 0 unspecified atom stereocenters. The first-order chi connectivity index (χ1) is 14.1. The summed E-state index contributed by atoms with van der Waals surface area (Å²) in [6.07, 6.45) is 4.85. The number of carbonyl (C=O) groups is 2. The molecule has 0 aliphatic carbocycles. The van der Waals surface area contributed by atoms with Crippen molar-refractivity contribution in [1.82, 2.24) is 0 Å². The monoisotopic (exact) mass is 384 g/mol. The molecule has 1 atom stereocenters. The average molecular weight is 384 g/mol. The van der Waals surface area contributed by atoms with Gasteiger partial charge >= 0.3 is 5.97 Å². The fraction of sp³-hybridized carbons (Fsp3) is 0.154. The molecule has 0 N–H and O–H groups in total. The van der Waals surface area contributed by atoms with Gasteiger partial charge in [0, 0.05) is 5.56 Å². The Labute approximate surface area is 171 Å². The fourth-order valence-corrected chi connectivity index (χ4v) is 3.01. The van der Waals surface area contributed by atoms with Gasteiger partial charge in [-0.1, -0.05) is 72.8 Å². The zero-order chi connectivity index (χ0) is 20.5. The summed E-state index contributed by atoms with van der Waals surface area (Å²) in [6.45, 7) is 1.56. The third-order valence-electron chi connectivity index (χ3n) is 4.62. The number of esters is 1. The minimum absolute atomic E-state index is 0.0443. The summed E-state index contributed by atoms with van der Waals surface area (Å²) in [5.74, 6) is -0.298. The van der Waals surface area contributed by atoms with Crippen molar-refractivity contribution in [1.29, 1.82) is 0 Å². The Balaban J connectivity index is 1.73. The molecule has 0 saturated carbocycles. The third kappa shape index (κ3) is 6.28. The van der Waals surface area contributed by atoms with E-state index >= 15 is 0 Å². The highest BCUT2D eigenvalue weighted by Crippen LogP contribution is 2.15. The number of hydrogen-bond acceptors (Lipinski definition) is 3. The van der Waals surface area contributed by atoms with Crippen LogP contribution in [-0.4, -0.2) is 17.9 Å². The molecule has 3 aromatic rings. The lowest BCUT2D eigenvalue weighted by atomic mass is 10.0. The number of rotatable bonds is 8. The van der Waals surface area contributed by atoms with Crippen LogP contribution >= 0.6 is 0 Å². The SMILES string of the molecule is CC(=O)c1cccc(CC[C@H](/C=C/c2ccccc2)OC(=O)c2ccccc2)c1. The Hall–Kier alpha value is -3.46. The molecule has 0 radical (unpaired) electrons. The zero-order valence-electron chi connectivity index (χ0n) is 16.5. The second-order valence-corrected chi connectivity index (χ2v) is 6.87. The molecule has 0 heterocycles.